The molecular weight excluding hydrogens is 212 g/mol. The molecule has 0 heterocycles. The van der Waals surface area contributed by atoms with Crippen LogP contribution in [0.15, 0.2) is 35.5 Å². The van der Waals surface area contributed by atoms with Crippen molar-refractivity contribution in [3.05, 3.63) is 35.9 Å². The molecule has 0 aromatic heterocycles. The summed E-state index contributed by atoms with van der Waals surface area (Å²) in [5.41, 5.74) is 2.01. The van der Waals surface area contributed by atoms with Gasteiger partial charge in [-0.25, -0.2) is 0 Å². The molecule has 0 bridgehead atoms. The summed E-state index contributed by atoms with van der Waals surface area (Å²) in [6.45, 7) is 0.475. The molecule has 88 valence electrons. The second-order valence-corrected chi connectivity index (χ2v) is 4.27. The van der Waals surface area contributed by atoms with Crippen molar-refractivity contribution in [2.45, 2.75) is 32.3 Å². The minimum atomic E-state index is -0.0421. The van der Waals surface area contributed by atoms with Gasteiger partial charge in [-0.05, 0) is 24.8 Å². The first-order valence-corrected chi connectivity index (χ1v) is 6.02. The molecule has 1 aliphatic carbocycles. The summed E-state index contributed by atoms with van der Waals surface area (Å²) in [4.78, 5) is 5.33. The van der Waals surface area contributed by atoms with Gasteiger partial charge in [-0.3, -0.25) is 0 Å². The molecule has 0 aliphatic heterocycles. The number of oxime groups is 1. The second kappa shape index (κ2) is 6.05. The van der Waals surface area contributed by atoms with Gasteiger partial charge in [0.15, 0.2) is 0 Å². The molecule has 0 amide bonds. The highest BCUT2D eigenvalue weighted by atomic mass is 16.6. The van der Waals surface area contributed by atoms with Crippen molar-refractivity contribution in [3.8, 4) is 6.07 Å². The van der Waals surface area contributed by atoms with Crippen LogP contribution in [0, 0.1) is 17.2 Å². The summed E-state index contributed by atoms with van der Waals surface area (Å²) in [5, 5.41) is 13.1. The van der Waals surface area contributed by atoms with E-state index < -0.39 is 0 Å². The van der Waals surface area contributed by atoms with Gasteiger partial charge < -0.3 is 4.84 Å². The first-order valence-electron chi connectivity index (χ1n) is 6.02. The number of rotatable bonds is 3. The van der Waals surface area contributed by atoms with Crippen LogP contribution in [0.1, 0.15) is 31.2 Å². The average molecular weight is 228 g/mol. The molecule has 1 unspecified atom stereocenters. The first kappa shape index (κ1) is 11.7. The van der Waals surface area contributed by atoms with Crippen molar-refractivity contribution < 1.29 is 4.84 Å². The molecule has 17 heavy (non-hydrogen) atoms. The van der Waals surface area contributed by atoms with E-state index in [4.69, 9.17) is 10.1 Å². The maximum Gasteiger partial charge on any atom is 0.142 e. The zero-order valence-corrected chi connectivity index (χ0v) is 9.80. The molecule has 1 aliphatic rings. The maximum absolute atomic E-state index is 8.99. The Kier molecular flexibility index (Phi) is 4.15. The van der Waals surface area contributed by atoms with Gasteiger partial charge in [0.05, 0.1) is 17.7 Å². The highest BCUT2D eigenvalue weighted by molar-refractivity contribution is 5.88. The summed E-state index contributed by atoms with van der Waals surface area (Å²) >= 11 is 0. The molecule has 0 saturated heterocycles. The number of nitrogens with zero attached hydrogens (tertiary/aromatic N) is 2. The Hall–Kier alpha value is -1.82. The zero-order chi connectivity index (χ0) is 11.9. The van der Waals surface area contributed by atoms with Crippen molar-refractivity contribution >= 4 is 5.71 Å². The number of nitriles is 1. The standard InChI is InChI=1S/C14H16N2O/c15-10-13-8-4-5-9-14(13)16-17-11-12-6-2-1-3-7-12/h1-3,6-7,13H,4-5,8-9,11H2/b16-14-. The van der Waals surface area contributed by atoms with Crippen LogP contribution in [0.25, 0.3) is 0 Å². The van der Waals surface area contributed by atoms with Gasteiger partial charge in [0.25, 0.3) is 0 Å². The van der Waals surface area contributed by atoms with E-state index in [2.05, 4.69) is 11.2 Å². The van der Waals surface area contributed by atoms with Crippen LogP contribution in [0.5, 0.6) is 0 Å². The van der Waals surface area contributed by atoms with Gasteiger partial charge in [-0.1, -0.05) is 41.9 Å². The summed E-state index contributed by atoms with van der Waals surface area (Å²) < 4.78 is 0. The molecule has 0 N–H and O–H groups in total. The number of hydrogen-bond acceptors (Lipinski definition) is 3. The highest BCUT2D eigenvalue weighted by Crippen LogP contribution is 2.21. The third-order valence-electron chi connectivity index (χ3n) is 2.99. The highest BCUT2D eigenvalue weighted by Gasteiger charge is 2.20. The fraction of sp³-hybridized carbons (Fsp3) is 0.429. The van der Waals surface area contributed by atoms with Crippen molar-refractivity contribution in [3.63, 3.8) is 0 Å². The lowest BCUT2D eigenvalue weighted by atomic mass is 9.88. The summed E-state index contributed by atoms with van der Waals surface area (Å²) in [5.74, 6) is -0.0421. The molecule has 1 aromatic carbocycles. The predicted molar refractivity (Wildman–Crippen MR) is 66.2 cm³/mol. The van der Waals surface area contributed by atoms with Crippen LogP contribution in [0.3, 0.4) is 0 Å². The number of hydrogen-bond donors (Lipinski definition) is 0. The van der Waals surface area contributed by atoms with Crippen LogP contribution in [-0.4, -0.2) is 5.71 Å². The lowest BCUT2D eigenvalue weighted by Gasteiger charge is -2.17. The van der Waals surface area contributed by atoms with Crippen molar-refractivity contribution in [1.82, 2.24) is 0 Å². The van der Waals surface area contributed by atoms with E-state index in [1.807, 2.05) is 30.3 Å². The molecule has 1 saturated carbocycles. The monoisotopic (exact) mass is 228 g/mol. The smallest absolute Gasteiger partial charge is 0.142 e. The molecular formula is C14H16N2O. The summed E-state index contributed by atoms with van der Waals surface area (Å²) in [7, 11) is 0. The SMILES string of the molecule is N#CC1CCCC/C1=N/OCc1ccccc1. The minimum absolute atomic E-state index is 0.0421. The predicted octanol–water partition coefficient (Wildman–Crippen LogP) is 3.27. The molecule has 3 nitrogen and oxygen atoms in total. The van der Waals surface area contributed by atoms with Crippen molar-refractivity contribution in [2.75, 3.05) is 0 Å². The largest absolute Gasteiger partial charge is 0.391 e. The molecule has 2 rings (SSSR count). The lowest BCUT2D eigenvalue weighted by molar-refractivity contribution is 0.128. The van der Waals surface area contributed by atoms with Crippen LogP contribution in [0.4, 0.5) is 0 Å². The summed E-state index contributed by atoms with van der Waals surface area (Å²) in [6, 6.07) is 12.2. The quantitative estimate of drug-likeness (QED) is 0.745. The Balaban J connectivity index is 1.89. The average Bonchev–Trinajstić information content (AvgIpc) is 2.40. The Morgan fingerprint density at radius 3 is 2.88 bits per heavy atom. The van der Waals surface area contributed by atoms with Crippen LogP contribution >= 0.6 is 0 Å². The minimum Gasteiger partial charge on any atom is -0.391 e. The molecule has 1 fully saturated rings. The maximum atomic E-state index is 8.99. The van der Waals surface area contributed by atoms with Gasteiger partial charge in [-0.2, -0.15) is 5.26 Å². The van der Waals surface area contributed by atoms with Crippen LogP contribution < -0.4 is 0 Å². The third-order valence-corrected chi connectivity index (χ3v) is 2.99. The zero-order valence-electron chi connectivity index (χ0n) is 9.80. The van der Waals surface area contributed by atoms with Crippen LogP contribution in [-0.2, 0) is 11.4 Å². The molecule has 1 aromatic rings. The Morgan fingerprint density at radius 2 is 2.12 bits per heavy atom. The fourth-order valence-corrected chi connectivity index (χ4v) is 2.01. The van der Waals surface area contributed by atoms with Crippen molar-refractivity contribution in [1.29, 1.82) is 5.26 Å². The van der Waals surface area contributed by atoms with E-state index in [0.717, 1.165) is 37.0 Å². The van der Waals surface area contributed by atoms with Gasteiger partial charge in [-0.15, -0.1) is 0 Å². The van der Waals surface area contributed by atoms with Gasteiger partial charge in [0.2, 0.25) is 0 Å². The number of benzene rings is 1. The third kappa shape index (κ3) is 3.32. The van der Waals surface area contributed by atoms with E-state index in [-0.39, 0.29) is 5.92 Å². The van der Waals surface area contributed by atoms with E-state index in [1.165, 1.54) is 0 Å². The Morgan fingerprint density at radius 1 is 1.29 bits per heavy atom. The molecule has 0 radical (unpaired) electrons. The summed E-state index contributed by atoms with van der Waals surface area (Å²) in [6.07, 6.45) is 4.05. The Bertz CT molecular complexity index is 420. The molecule has 3 heteroatoms. The van der Waals surface area contributed by atoms with Crippen molar-refractivity contribution in [2.24, 2.45) is 11.1 Å². The van der Waals surface area contributed by atoms with E-state index in [0.29, 0.717) is 6.61 Å². The normalized spacial score (nSPS) is 22.1. The van der Waals surface area contributed by atoms with Gasteiger partial charge in [0, 0.05) is 0 Å². The van der Waals surface area contributed by atoms with E-state index in [9.17, 15) is 0 Å². The second-order valence-electron chi connectivity index (χ2n) is 4.27. The first-order chi connectivity index (χ1) is 8.40. The van der Waals surface area contributed by atoms with Crippen LogP contribution in [0.2, 0.25) is 0 Å². The molecule has 0 spiro atoms. The van der Waals surface area contributed by atoms with Gasteiger partial charge in [0.1, 0.15) is 6.61 Å². The molecule has 1 atom stereocenters. The topological polar surface area (TPSA) is 45.4 Å². The van der Waals surface area contributed by atoms with Gasteiger partial charge >= 0.3 is 0 Å². The fourth-order valence-electron chi connectivity index (χ4n) is 2.01. The van der Waals surface area contributed by atoms with E-state index >= 15 is 0 Å². The lowest BCUT2D eigenvalue weighted by Crippen LogP contribution is -2.18. The van der Waals surface area contributed by atoms with E-state index in [1.54, 1.807) is 0 Å². The Labute approximate surface area is 102 Å².